The molecule has 3 aromatic rings. The summed E-state index contributed by atoms with van der Waals surface area (Å²) in [4.78, 5) is 38.9. The number of nitrogens with one attached hydrogen (secondary N) is 1. The number of benzene rings is 3. The Kier molecular flexibility index (Phi) is 11.5. The monoisotopic (exact) mass is 684 g/mol. The molecule has 0 bridgehead atoms. The van der Waals surface area contributed by atoms with Crippen molar-refractivity contribution in [3.8, 4) is 5.75 Å². The zero-order valence-electron chi connectivity index (χ0n) is 24.5. The third-order valence-corrected chi connectivity index (χ3v) is 9.32. The van der Waals surface area contributed by atoms with Gasteiger partial charge in [-0.1, -0.05) is 46.9 Å². The number of nitrogens with zero attached hydrogens (tertiary/aromatic N) is 3. The molecule has 1 atom stereocenters. The highest BCUT2D eigenvalue weighted by atomic mass is 35.5. The molecule has 0 fully saturated rings. The Morgan fingerprint density at radius 1 is 1.00 bits per heavy atom. The molecule has 3 aromatic carbocycles. The lowest BCUT2D eigenvalue weighted by Crippen LogP contribution is -2.52. The van der Waals surface area contributed by atoms with Crippen molar-refractivity contribution < 1.29 is 27.7 Å². The molecule has 0 aliphatic rings. The van der Waals surface area contributed by atoms with Crippen molar-refractivity contribution >= 4 is 68.0 Å². The highest BCUT2D eigenvalue weighted by Crippen LogP contribution is 2.36. The fourth-order valence-corrected chi connectivity index (χ4v) is 6.19. The number of anilines is 1. The quantitative estimate of drug-likeness (QED) is 0.182. The lowest BCUT2D eigenvalue weighted by molar-refractivity contribution is -0.385. The number of nitro benzene ring substituents is 1. The van der Waals surface area contributed by atoms with Crippen LogP contribution < -0.4 is 14.4 Å². The summed E-state index contributed by atoms with van der Waals surface area (Å²) in [5, 5.41) is 15.0. The van der Waals surface area contributed by atoms with Crippen molar-refractivity contribution in [3.05, 3.63) is 90.9 Å². The zero-order valence-corrected chi connectivity index (χ0v) is 27.6. The number of sulfonamides is 1. The second-order valence-electron chi connectivity index (χ2n) is 10.1. The molecule has 1 N–H and O–H groups in total. The molecule has 0 spiro atoms. The van der Waals surface area contributed by atoms with Gasteiger partial charge < -0.3 is 15.0 Å². The first-order chi connectivity index (χ1) is 20.6. The zero-order chi connectivity index (χ0) is 32.9. The largest absolute Gasteiger partial charge is 0.495 e. The van der Waals surface area contributed by atoms with Crippen LogP contribution in [0.5, 0.6) is 5.75 Å². The minimum absolute atomic E-state index is 0.0639. The normalized spacial score (nSPS) is 12.0. The number of carbonyl (C=O) groups is 2. The Balaban J connectivity index is 2.17. The molecule has 0 aromatic heterocycles. The molecular weight excluding hydrogens is 655 g/mol. The molecule has 2 amide bonds. The second-order valence-corrected chi connectivity index (χ2v) is 13.3. The van der Waals surface area contributed by atoms with Gasteiger partial charge in [0.1, 0.15) is 18.3 Å². The third-order valence-electron chi connectivity index (χ3n) is 6.59. The van der Waals surface area contributed by atoms with E-state index in [-0.39, 0.29) is 44.7 Å². The van der Waals surface area contributed by atoms with Crippen LogP contribution in [0, 0.1) is 17.0 Å². The molecule has 0 aliphatic carbocycles. The number of rotatable bonds is 12. The van der Waals surface area contributed by atoms with Crippen molar-refractivity contribution in [1.29, 1.82) is 0 Å². The minimum atomic E-state index is -4.65. The number of ether oxygens (including phenoxy) is 1. The first-order valence-corrected chi connectivity index (χ1v) is 15.8. The average molecular weight is 686 g/mol. The van der Waals surface area contributed by atoms with Crippen molar-refractivity contribution in [2.24, 2.45) is 0 Å². The van der Waals surface area contributed by atoms with E-state index < -0.39 is 49.9 Å². The molecule has 0 unspecified atom stereocenters. The number of carbonyl (C=O) groups excluding carboxylic acids is 2. The molecule has 44 heavy (non-hydrogen) atoms. The molecule has 0 saturated heterocycles. The molecule has 3 rings (SSSR count). The number of aryl methyl sites for hydroxylation is 1. The lowest BCUT2D eigenvalue weighted by Gasteiger charge is -2.32. The maximum atomic E-state index is 14.2. The van der Waals surface area contributed by atoms with Gasteiger partial charge in [0.15, 0.2) is 0 Å². The Hall–Kier alpha value is -3.58. The van der Waals surface area contributed by atoms with Crippen LogP contribution in [-0.2, 0) is 26.2 Å². The highest BCUT2D eigenvalue weighted by Gasteiger charge is 2.35. The topological polar surface area (TPSA) is 139 Å². The molecule has 0 heterocycles. The Labute approximate surface area is 270 Å². The fourth-order valence-electron chi connectivity index (χ4n) is 4.27. The number of amides is 2. The van der Waals surface area contributed by atoms with Gasteiger partial charge in [-0.2, -0.15) is 0 Å². The summed E-state index contributed by atoms with van der Waals surface area (Å²) in [5.41, 5.74) is 0.261. The van der Waals surface area contributed by atoms with Crippen LogP contribution in [0.1, 0.15) is 31.9 Å². The van der Waals surface area contributed by atoms with Gasteiger partial charge in [-0.15, -0.1) is 0 Å². The van der Waals surface area contributed by atoms with E-state index in [1.165, 1.54) is 62.3 Å². The van der Waals surface area contributed by atoms with Gasteiger partial charge in [-0.25, -0.2) is 8.42 Å². The van der Waals surface area contributed by atoms with Crippen LogP contribution in [-0.4, -0.2) is 55.8 Å². The van der Waals surface area contributed by atoms with Crippen LogP contribution in [0.4, 0.5) is 11.4 Å². The maximum absolute atomic E-state index is 14.2. The van der Waals surface area contributed by atoms with Gasteiger partial charge in [0.2, 0.25) is 11.8 Å². The number of methoxy groups -OCH3 is 1. The SMILES string of the molecule is COc1ccc(Cl)cc1N(CC(=O)N(Cc1ccc(Cl)c(Cl)c1)[C@H](C)C(=O)NC(C)C)S(=O)(=O)c1ccc(C)c([N+](=O)[O-])c1. The van der Waals surface area contributed by atoms with Crippen LogP contribution in [0.2, 0.25) is 15.1 Å². The van der Waals surface area contributed by atoms with Crippen LogP contribution >= 0.6 is 34.8 Å². The van der Waals surface area contributed by atoms with E-state index in [9.17, 15) is 28.1 Å². The van der Waals surface area contributed by atoms with Gasteiger partial charge in [0.25, 0.3) is 15.7 Å². The molecule has 0 radical (unpaired) electrons. The molecule has 11 nitrogen and oxygen atoms in total. The average Bonchev–Trinajstić information content (AvgIpc) is 2.95. The van der Waals surface area contributed by atoms with E-state index in [1.54, 1.807) is 26.0 Å². The number of nitro groups is 1. The summed E-state index contributed by atoms with van der Waals surface area (Å²) in [7, 11) is -3.34. The van der Waals surface area contributed by atoms with Crippen LogP contribution in [0.25, 0.3) is 0 Å². The number of hydrogen-bond acceptors (Lipinski definition) is 7. The van der Waals surface area contributed by atoms with E-state index in [1.807, 2.05) is 0 Å². The summed E-state index contributed by atoms with van der Waals surface area (Å²) < 4.78 is 34.5. The second kappa shape index (κ2) is 14.5. The van der Waals surface area contributed by atoms with Crippen molar-refractivity contribution in [1.82, 2.24) is 10.2 Å². The first-order valence-electron chi connectivity index (χ1n) is 13.2. The van der Waals surface area contributed by atoms with Gasteiger partial charge in [-0.3, -0.25) is 24.0 Å². The van der Waals surface area contributed by atoms with Crippen LogP contribution in [0.3, 0.4) is 0 Å². The molecule has 0 aliphatic heterocycles. The fraction of sp³-hybridized carbons (Fsp3) is 0.310. The van der Waals surface area contributed by atoms with Crippen molar-refractivity contribution in [3.63, 3.8) is 0 Å². The summed E-state index contributed by atoms with van der Waals surface area (Å²) in [6.07, 6.45) is 0. The first kappa shape index (κ1) is 34.9. The van der Waals surface area contributed by atoms with Crippen molar-refractivity contribution in [2.75, 3.05) is 18.0 Å². The van der Waals surface area contributed by atoms with E-state index >= 15 is 0 Å². The molecular formula is C29H31Cl3N4O7S. The molecule has 15 heteroatoms. The van der Waals surface area contributed by atoms with E-state index in [4.69, 9.17) is 39.5 Å². The molecule has 236 valence electrons. The van der Waals surface area contributed by atoms with Crippen molar-refractivity contribution in [2.45, 2.75) is 51.2 Å². The summed E-state index contributed by atoms with van der Waals surface area (Å²) in [6, 6.07) is 11.0. The summed E-state index contributed by atoms with van der Waals surface area (Å²) in [6.45, 7) is 5.56. The predicted molar refractivity (Wildman–Crippen MR) is 170 cm³/mol. The predicted octanol–water partition coefficient (Wildman–Crippen LogP) is 6.01. The standard InChI is InChI=1S/C29H31Cl3N4O7S/c1-17(2)33-29(38)19(4)34(15-20-7-10-23(31)24(32)12-20)28(37)16-35(26-13-21(30)8-11-27(26)43-5)44(41,42)22-9-6-18(3)25(14-22)36(39)40/h6-14,17,19H,15-16H2,1-5H3,(H,33,38)/t19-/m1/s1. The van der Waals surface area contributed by atoms with Gasteiger partial charge in [0, 0.05) is 29.2 Å². The maximum Gasteiger partial charge on any atom is 0.273 e. The van der Waals surface area contributed by atoms with Gasteiger partial charge >= 0.3 is 0 Å². The summed E-state index contributed by atoms with van der Waals surface area (Å²) >= 11 is 18.5. The van der Waals surface area contributed by atoms with E-state index in [0.29, 0.717) is 5.56 Å². The van der Waals surface area contributed by atoms with Gasteiger partial charge in [-0.05, 0) is 69.7 Å². The van der Waals surface area contributed by atoms with E-state index in [0.717, 1.165) is 10.4 Å². The smallest absolute Gasteiger partial charge is 0.273 e. The summed E-state index contributed by atoms with van der Waals surface area (Å²) in [5.74, 6) is -1.18. The van der Waals surface area contributed by atoms with E-state index in [2.05, 4.69) is 5.32 Å². The Morgan fingerprint density at radius 2 is 1.68 bits per heavy atom. The molecule has 0 saturated carbocycles. The minimum Gasteiger partial charge on any atom is -0.495 e. The highest BCUT2D eigenvalue weighted by molar-refractivity contribution is 7.92. The van der Waals surface area contributed by atoms with Gasteiger partial charge in [0.05, 0.1) is 32.7 Å². The third kappa shape index (κ3) is 8.12. The number of halogens is 3. The number of hydrogen-bond donors (Lipinski definition) is 1. The lowest BCUT2D eigenvalue weighted by atomic mass is 10.1. The Bertz CT molecular complexity index is 1690. The Morgan fingerprint density at radius 3 is 2.27 bits per heavy atom. The van der Waals surface area contributed by atoms with Crippen LogP contribution in [0.15, 0.2) is 59.5 Å².